The van der Waals surface area contributed by atoms with Crippen LogP contribution in [0.25, 0.3) is 11.3 Å². The van der Waals surface area contributed by atoms with E-state index in [2.05, 4.69) is 25.6 Å². The Labute approximate surface area is 196 Å². The number of benzene rings is 2. The number of para-hydroxylation sites is 1. The molecule has 1 atom stereocenters. The minimum Gasteiger partial charge on any atom is -0.394 e. The molecule has 1 amide bonds. The van der Waals surface area contributed by atoms with Gasteiger partial charge in [0.05, 0.1) is 29.1 Å². The second kappa shape index (κ2) is 9.85. The summed E-state index contributed by atoms with van der Waals surface area (Å²) in [5, 5.41) is 16.4. The molecule has 7 nitrogen and oxygen atoms in total. The van der Waals surface area contributed by atoms with E-state index in [0.717, 1.165) is 22.3 Å². The number of halogens is 1. The van der Waals surface area contributed by atoms with Crippen molar-refractivity contribution in [2.24, 2.45) is 0 Å². The van der Waals surface area contributed by atoms with Crippen molar-refractivity contribution in [2.75, 3.05) is 11.9 Å². The number of carbonyl (C=O) groups is 1. The highest BCUT2D eigenvalue weighted by Gasteiger charge is 2.18. The van der Waals surface area contributed by atoms with Gasteiger partial charge in [0, 0.05) is 18.0 Å². The summed E-state index contributed by atoms with van der Waals surface area (Å²) < 4.78 is 0. The maximum Gasteiger partial charge on any atom is 0.268 e. The molecule has 4 N–H and O–H groups in total. The summed E-state index contributed by atoms with van der Waals surface area (Å²) in [6, 6.07) is 16.3. The van der Waals surface area contributed by atoms with Crippen LogP contribution in [0.5, 0.6) is 0 Å². The zero-order valence-corrected chi connectivity index (χ0v) is 19.0. The van der Waals surface area contributed by atoms with Crippen LogP contribution >= 0.6 is 11.6 Å². The number of aliphatic hydroxyl groups is 1. The molecule has 0 radical (unpaired) electrons. The molecule has 0 aliphatic rings. The van der Waals surface area contributed by atoms with Crippen molar-refractivity contribution in [1.29, 1.82) is 0 Å². The van der Waals surface area contributed by atoms with E-state index in [0.29, 0.717) is 28.0 Å². The fraction of sp³-hybridized carbons (Fsp3) is 0.160. The minimum absolute atomic E-state index is 0.204. The summed E-state index contributed by atoms with van der Waals surface area (Å²) in [6.07, 6.45) is 3.44. The molecule has 2 heterocycles. The summed E-state index contributed by atoms with van der Waals surface area (Å²) in [5.41, 5.74) is 5.27. The van der Waals surface area contributed by atoms with Gasteiger partial charge >= 0.3 is 0 Å². The van der Waals surface area contributed by atoms with E-state index < -0.39 is 6.04 Å². The number of aromatic nitrogens is 3. The summed E-state index contributed by atoms with van der Waals surface area (Å²) in [6.45, 7) is 3.67. The molecular formula is C25H24ClN5O2. The fourth-order valence-electron chi connectivity index (χ4n) is 3.50. The molecule has 0 fully saturated rings. The van der Waals surface area contributed by atoms with Crippen LogP contribution in [0.15, 0.2) is 67.0 Å². The highest BCUT2D eigenvalue weighted by Crippen LogP contribution is 2.27. The number of nitrogens with one attached hydrogen (secondary N) is 3. The lowest BCUT2D eigenvalue weighted by Crippen LogP contribution is -2.31. The van der Waals surface area contributed by atoms with Crippen LogP contribution in [0.3, 0.4) is 0 Å². The second-order valence-corrected chi connectivity index (χ2v) is 8.16. The molecule has 0 spiro atoms. The number of aliphatic hydroxyl groups excluding tert-OH is 1. The molecule has 0 saturated heterocycles. The van der Waals surface area contributed by atoms with Gasteiger partial charge in [-0.3, -0.25) is 4.79 Å². The van der Waals surface area contributed by atoms with Crippen molar-refractivity contribution in [2.45, 2.75) is 19.9 Å². The first-order chi connectivity index (χ1) is 15.9. The standard InChI is InChI=1S/C25H24ClN5O2/c1-15-6-5-7-17(10-15)22(14-32)29-24(33)21-11-18(13-27-21)23-16(2)12-28-25(31-23)30-20-9-4-3-8-19(20)26/h3-13,22,27,32H,14H2,1-2H3,(H,29,33)(H,28,30,31). The third-order valence-electron chi connectivity index (χ3n) is 5.23. The van der Waals surface area contributed by atoms with Crippen molar-refractivity contribution >= 4 is 29.1 Å². The van der Waals surface area contributed by atoms with E-state index in [9.17, 15) is 9.90 Å². The fourth-order valence-corrected chi connectivity index (χ4v) is 3.68. The lowest BCUT2D eigenvalue weighted by atomic mass is 10.0. The van der Waals surface area contributed by atoms with Gasteiger partial charge < -0.3 is 20.7 Å². The molecule has 2 aromatic heterocycles. The van der Waals surface area contributed by atoms with Gasteiger partial charge in [0.1, 0.15) is 5.69 Å². The van der Waals surface area contributed by atoms with E-state index in [1.807, 2.05) is 56.3 Å². The molecule has 8 heteroatoms. The summed E-state index contributed by atoms with van der Waals surface area (Å²) >= 11 is 6.22. The molecule has 4 rings (SSSR count). The first-order valence-electron chi connectivity index (χ1n) is 10.5. The average molecular weight is 462 g/mol. The van der Waals surface area contributed by atoms with Crippen molar-refractivity contribution < 1.29 is 9.90 Å². The number of H-pyrrole nitrogens is 1. The quantitative estimate of drug-likeness (QED) is 0.312. The molecular weight excluding hydrogens is 438 g/mol. The van der Waals surface area contributed by atoms with Gasteiger partial charge in [-0.05, 0) is 43.2 Å². The third kappa shape index (κ3) is 5.22. The molecule has 0 aliphatic carbocycles. The Morgan fingerprint density at radius 2 is 1.97 bits per heavy atom. The van der Waals surface area contributed by atoms with Gasteiger partial charge in [-0.15, -0.1) is 0 Å². The minimum atomic E-state index is -0.503. The first-order valence-corrected chi connectivity index (χ1v) is 10.8. The predicted octanol–water partition coefficient (Wildman–Crippen LogP) is 4.95. The second-order valence-electron chi connectivity index (χ2n) is 7.75. The van der Waals surface area contributed by atoms with Gasteiger partial charge in [0.25, 0.3) is 5.91 Å². The number of nitrogens with zero attached hydrogens (tertiary/aromatic N) is 2. The largest absolute Gasteiger partial charge is 0.394 e. The summed E-state index contributed by atoms with van der Waals surface area (Å²) in [5.74, 6) is 0.0821. The Balaban J connectivity index is 1.54. The Hall–Kier alpha value is -3.68. The highest BCUT2D eigenvalue weighted by atomic mass is 35.5. The number of amides is 1. The number of carbonyl (C=O) groups excluding carboxylic acids is 1. The number of rotatable bonds is 7. The lowest BCUT2D eigenvalue weighted by molar-refractivity contribution is 0.0911. The van der Waals surface area contributed by atoms with Crippen LogP contribution < -0.4 is 10.6 Å². The van der Waals surface area contributed by atoms with Crippen LogP contribution in [0.2, 0.25) is 5.02 Å². The molecule has 0 saturated carbocycles. The number of aryl methyl sites for hydroxylation is 2. The van der Waals surface area contributed by atoms with E-state index in [-0.39, 0.29) is 12.5 Å². The van der Waals surface area contributed by atoms with Crippen molar-refractivity contribution in [1.82, 2.24) is 20.3 Å². The van der Waals surface area contributed by atoms with Gasteiger partial charge in [-0.25, -0.2) is 9.97 Å². The normalized spacial score (nSPS) is 11.8. The molecule has 33 heavy (non-hydrogen) atoms. The topological polar surface area (TPSA) is 103 Å². The molecule has 0 bridgehead atoms. The number of hydrogen-bond acceptors (Lipinski definition) is 5. The third-order valence-corrected chi connectivity index (χ3v) is 5.56. The van der Waals surface area contributed by atoms with Crippen molar-refractivity contribution in [3.8, 4) is 11.3 Å². The van der Waals surface area contributed by atoms with Gasteiger partial charge in [-0.2, -0.15) is 0 Å². The molecule has 4 aromatic rings. The van der Waals surface area contributed by atoms with E-state index in [1.54, 1.807) is 24.5 Å². The van der Waals surface area contributed by atoms with Gasteiger partial charge in [0.15, 0.2) is 0 Å². The monoisotopic (exact) mass is 461 g/mol. The van der Waals surface area contributed by atoms with Crippen LogP contribution in [0.4, 0.5) is 11.6 Å². The Morgan fingerprint density at radius 3 is 2.73 bits per heavy atom. The van der Waals surface area contributed by atoms with Gasteiger partial charge in [0.2, 0.25) is 5.95 Å². The Morgan fingerprint density at radius 1 is 1.15 bits per heavy atom. The number of anilines is 2. The average Bonchev–Trinajstić information content (AvgIpc) is 3.30. The lowest BCUT2D eigenvalue weighted by Gasteiger charge is -2.16. The highest BCUT2D eigenvalue weighted by molar-refractivity contribution is 6.33. The zero-order valence-electron chi connectivity index (χ0n) is 18.3. The number of aromatic amines is 1. The maximum atomic E-state index is 12.8. The maximum absolute atomic E-state index is 12.8. The summed E-state index contributed by atoms with van der Waals surface area (Å²) in [7, 11) is 0. The van der Waals surface area contributed by atoms with Crippen LogP contribution in [-0.2, 0) is 0 Å². The smallest absolute Gasteiger partial charge is 0.268 e. The van der Waals surface area contributed by atoms with Gasteiger partial charge in [-0.1, -0.05) is 53.6 Å². The van der Waals surface area contributed by atoms with Crippen LogP contribution in [-0.4, -0.2) is 32.6 Å². The van der Waals surface area contributed by atoms with Crippen molar-refractivity contribution in [3.63, 3.8) is 0 Å². The van der Waals surface area contributed by atoms with E-state index in [1.165, 1.54) is 0 Å². The van der Waals surface area contributed by atoms with Crippen LogP contribution in [0.1, 0.15) is 33.2 Å². The SMILES string of the molecule is Cc1cccc(C(CO)NC(=O)c2cc(-c3nc(Nc4ccccc4Cl)ncc3C)c[nH]2)c1. The molecule has 1 unspecified atom stereocenters. The summed E-state index contributed by atoms with van der Waals surface area (Å²) in [4.78, 5) is 24.8. The predicted molar refractivity (Wildman–Crippen MR) is 130 cm³/mol. The van der Waals surface area contributed by atoms with E-state index in [4.69, 9.17) is 11.6 Å². The molecule has 2 aromatic carbocycles. The Bertz CT molecular complexity index is 1290. The first kappa shape index (κ1) is 22.5. The molecule has 168 valence electrons. The number of hydrogen-bond donors (Lipinski definition) is 4. The molecule has 0 aliphatic heterocycles. The Kier molecular flexibility index (Phi) is 6.72. The van der Waals surface area contributed by atoms with Crippen LogP contribution in [0, 0.1) is 13.8 Å². The van der Waals surface area contributed by atoms with Crippen molar-refractivity contribution in [3.05, 3.63) is 94.4 Å². The zero-order chi connectivity index (χ0) is 23.4. The van der Waals surface area contributed by atoms with E-state index >= 15 is 0 Å².